The first-order valence-electron chi connectivity index (χ1n) is 8.85. The third kappa shape index (κ3) is 4.59. The van der Waals surface area contributed by atoms with Crippen LogP contribution in [0.25, 0.3) is 0 Å². The largest absolute Gasteiger partial charge is 0.353 e. The number of anilines is 1. The van der Waals surface area contributed by atoms with Crippen molar-refractivity contribution >= 4 is 17.6 Å². The van der Waals surface area contributed by atoms with Gasteiger partial charge in [0.25, 0.3) is 0 Å². The lowest BCUT2D eigenvalue weighted by Gasteiger charge is -2.35. The fraction of sp³-hybridized carbons (Fsp3) is 0.350. The van der Waals surface area contributed by atoms with E-state index in [9.17, 15) is 9.59 Å². The van der Waals surface area contributed by atoms with Crippen LogP contribution in [0.3, 0.4) is 0 Å². The fourth-order valence-electron chi connectivity index (χ4n) is 3.05. The molecule has 0 saturated carbocycles. The lowest BCUT2D eigenvalue weighted by atomic mass is 10.2. The molecule has 1 aromatic carbocycles. The molecule has 136 valence electrons. The number of carbonyl (C=O) groups is 2. The summed E-state index contributed by atoms with van der Waals surface area (Å²) in [6.45, 7) is 3.21. The highest BCUT2D eigenvalue weighted by atomic mass is 16.2. The van der Waals surface area contributed by atoms with Crippen LogP contribution >= 0.6 is 0 Å². The normalized spacial score (nSPS) is 14.2. The van der Waals surface area contributed by atoms with Crippen LogP contribution in [0.4, 0.5) is 5.82 Å². The van der Waals surface area contributed by atoms with E-state index in [0.29, 0.717) is 19.6 Å². The molecule has 1 aliphatic rings. The van der Waals surface area contributed by atoms with E-state index >= 15 is 0 Å². The van der Waals surface area contributed by atoms with E-state index in [1.165, 1.54) is 0 Å². The summed E-state index contributed by atoms with van der Waals surface area (Å²) in [6, 6.07) is 15.6. The van der Waals surface area contributed by atoms with Gasteiger partial charge in [-0.1, -0.05) is 36.4 Å². The Hall–Kier alpha value is -2.89. The first-order valence-corrected chi connectivity index (χ1v) is 8.85. The van der Waals surface area contributed by atoms with Gasteiger partial charge in [0.1, 0.15) is 12.2 Å². The standard InChI is InChI=1S/C20H24N4O2/c1-22(16-17-7-3-2-4-8-17)19(25)15-20(26)24-13-11-23(12-14-24)18-9-5-6-10-21-18/h2-10H,11-16H2,1H3. The molecule has 0 spiro atoms. The highest BCUT2D eigenvalue weighted by Crippen LogP contribution is 2.13. The van der Waals surface area contributed by atoms with Crippen molar-refractivity contribution < 1.29 is 9.59 Å². The first-order chi connectivity index (χ1) is 12.6. The Labute approximate surface area is 154 Å². The Morgan fingerprint density at radius 2 is 1.69 bits per heavy atom. The monoisotopic (exact) mass is 352 g/mol. The number of amides is 2. The molecule has 26 heavy (non-hydrogen) atoms. The molecule has 1 aromatic heterocycles. The smallest absolute Gasteiger partial charge is 0.232 e. The minimum absolute atomic E-state index is 0.0765. The van der Waals surface area contributed by atoms with E-state index in [0.717, 1.165) is 24.5 Å². The second-order valence-electron chi connectivity index (χ2n) is 6.47. The molecule has 2 heterocycles. The number of rotatable bonds is 5. The minimum atomic E-state index is -0.147. The van der Waals surface area contributed by atoms with Crippen LogP contribution in [0.15, 0.2) is 54.7 Å². The molecule has 1 saturated heterocycles. The Bertz CT molecular complexity index is 728. The van der Waals surface area contributed by atoms with E-state index in [2.05, 4.69) is 9.88 Å². The Balaban J connectivity index is 1.47. The molecule has 2 amide bonds. The van der Waals surface area contributed by atoms with Crippen LogP contribution in [-0.2, 0) is 16.1 Å². The van der Waals surface area contributed by atoms with Crippen molar-refractivity contribution in [3.8, 4) is 0 Å². The number of hydrogen-bond acceptors (Lipinski definition) is 4. The number of carbonyl (C=O) groups excluding carboxylic acids is 2. The summed E-state index contributed by atoms with van der Waals surface area (Å²) in [7, 11) is 1.74. The summed E-state index contributed by atoms with van der Waals surface area (Å²) in [5.74, 6) is 0.680. The number of nitrogens with zero attached hydrogens (tertiary/aromatic N) is 4. The van der Waals surface area contributed by atoms with Crippen LogP contribution in [-0.4, -0.2) is 59.8 Å². The topological polar surface area (TPSA) is 56.8 Å². The van der Waals surface area contributed by atoms with E-state index in [-0.39, 0.29) is 18.2 Å². The van der Waals surface area contributed by atoms with Crippen molar-refractivity contribution in [3.05, 3.63) is 60.3 Å². The summed E-state index contributed by atoms with van der Waals surface area (Å²) in [6.07, 6.45) is 1.70. The molecule has 0 unspecified atom stereocenters. The van der Waals surface area contributed by atoms with Gasteiger partial charge in [-0.05, 0) is 17.7 Å². The average Bonchev–Trinajstić information content (AvgIpc) is 2.69. The SMILES string of the molecule is CN(Cc1ccccc1)C(=O)CC(=O)N1CCN(c2ccccn2)CC1. The maximum atomic E-state index is 12.5. The number of aromatic nitrogens is 1. The van der Waals surface area contributed by atoms with Gasteiger partial charge in [0.05, 0.1) is 0 Å². The highest BCUT2D eigenvalue weighted by molar-refractivity contribution is 5.96. The third-order valence-corrected chi connectivity index (χ3v) is 4.60. The van der Waals surface area contributed by atoms with Crippen LogP contribution in [0, 0.1) is 0 Å². The summed E-state index contributed by atoms with van der Waals surface area (Å²) in [5.41, 5.74) is 1.06. The lowest BCUT2D eigenvalue weighted by molar-refractivity contribution is -0.140. The second kappa shape index (κ2) is 8.47. The molecule has 2 aromatic rings. The fourth-order valence-corrected chi connectivity index (χ4v) is 3.05. The van der Waals surface area contributed by atoms with Gasteiger partial charge >= 0.3 is 0 Å². The molecule has 1 aliphatic heterocycles. The summed E-state index contributed by atoms with van der Waals surface area (Å²) >= 11 is 0. The molecule has 1 fully saturated rings. The third-order valence-electron chi connectivity index (χ3n) is 4.60. The van der Waals surface area contributed by atoms with Gasteiger partial charge in [-0.25, -0.2) is 4.98 Å². The molecule has 0 N–H and O–H groups in total. The van der Waals surface area contributed by atoms with Crippen LogP contribution in [0.5, 0.6) is 0 Å². The van der Waals surface area contributed by atoms with Crippen molar-refractivity contribution in [2.24, 2.45) is 0 Å². The minimum Gasteiger partial charge on any atom is -0.353 e. The summed E-state index contributed by atoms with van der Waals surface area (Å²) in [4.78, 5) is 34.7. The molecule has 3 rings (SSSR count). The van der Waals surface area contributed by atoms with Gasteiger partial charge in [-0.15, -0.1) is 0 Å². The van der Waals surface area contributed by atoms with Gasteiger partial charge in [-0.2, -0.15) is 0 Å². The van der Waals surface area contributed by atoms with Gasteiger partial charge in [0.2, 0.25) is 11.8 Å². The maximum absolute atomic E-state index is 12.5. The average molecular weight is 352 g/mol. The second-order valence-corrected chi connectivity index (χ2v) is 6.47. The molecule has 6 heteroatoms. The molecular weight excluding hydrogens is 328 g/mol. The molecule has 0 radical (unpaired) electrons. The molecule has 0 bridgehead atoms. The van der Waals surface area contributed by atoms with E-state index in [4.69, 9.17) is 0 Å². The van der Waals surface area contributed by atoms with Gasteiger partial charge in [-0.3, -0.25) is 9.59 Å². The van der Waals surface area contributed by atoms with Crippen molar-refractivity contribution in [3.63, 3.8) is 0 Å². The predicted octanol–water partition coefficient (Wildman–Crippen LogP) is 1.78. The highest BCUT2D eigenvalue weighted by Gasteiger charge is 2.24. The maximum Gasteiger partial charge on any atom is 0.232 e. The number of piperazine rings is 1. The zero-order valence-electron chi connectivity index (χ0n) is 15.0. The van der Waals surface area contributed by atoms with Crippen molar-refractivity contribution in [2.45, 2.75) is 13.0 Å². The Morgan fingerprint density at radius 1 is 1.00 bits per heavy atom. The quantitative estimate of drug-likeness (QED) is 0.770. The molecule has 0 aliphatic carbocycles. The van der Waals surface area contributed by atoms with Crippen molar-refractivity contribution in [1.29, 1.82) is 0 Å². The predicted molar refractivity (Wildman–Crippen MR) is 101 cm³/mol. The Morgan fingerprint density at radius 3 is 2.35 bits per heavy atom. The zero-order chi connectivity index (χ0) is 18.4. The number of benzene rings is 1. The lowest BCUT2D eigenvalue weighted by Crippen LogP contribution is -2.49. The van der Waals surface area contributed by atoms with E-state index in [1.807, 2.05) is 48.5 Å². The molecule has 0 atom stereocenters. The van der Waals surface area contributed by atoms with Crippen LogP contribution in [0.1, 0.15) is 12.0 Å². The van der Waals surface area contributed by atoms with Crippen LogP contribution in [0.2, 0.25) is 0 Å². The number of hydrogen-bond donors (Lipinski definition) is 0. The van der Waals surface area contributed by atoms with Crippen molar-refractivity contribution in [1.82, 2.24) is 14.8 Å². The number of pyridine rings is 1. The van der Waals surface area contributed by atoms with E-state index in [1.54, 1.807) is 23.0 Å². The van der Waals surface area contributed by atoms with Gasteiger partial charge in [0, 0.05) is 46.0 Å². The zero-order valence-corrected chi connectivity index (χ0v) is 15.0. The van der Waals surface area contributed by atoms with Gasteiger partial charge < -0.3 is 14.7 Å². The molecule has 6 nitrogen and oxygen atoms in total. The summed E-state index contributed by atoms with van der Waals surface area (Å²) in [5, 5.41) is 0. The van der Waals surface area contributed by atoms with E-state index < -0.39 is 0 Å². The molecular formula is C20H24N4O2. The van der Waals surface area contributed by atoms with Crippen LogP contribution < -0.4 is 4.90 Å². The van der Waals surface area contributed by atoms with Gasteiger partial charge in [0.15, 0.2) is 0 Å². The Kier molecular flexibility index (Phi) is 5.84. The van der Waals surface area contributed by atoms with Crippen molar-refractivity contribution in [2.75, 3.05) is 38.1 Å². The summed E-state index contributed by atoms with van der Waals surface area (Å²) < 4.78 is 0. The first kappa shape index (κ1) is 17.9.